The largest absolute Gasteiger partial charge is 0.337 e. The molecule has 0 atom stereocenters. The number of anilines is 4. The van der Waals surface area contributed by atoms with E-state index in [1.165, 1.54) is 22.4 Å². The molecular formula is C26H31BrN4. The predicted octanol–water partition coefficient (Wildman–Crippen LogP) is 7.34. The van der Waals surface area contributed by atoms with Gasteiger partial charge in [0.2, 0.25) is 0 Å². The number of rotatable bonds is 5. The van der Waals surface area contributed by atoms with E-state index in [9.17, 15) is 0 Å². The fourth-order valence-electron chi connectivity index (χ4n) is 3.98. The van der Waals surface area contributed by atoms with Crippen LogP contribution in [0.25, 0.3) is 0 Å². The van der Waals surface area contributed by atoms with Gasteiger partial charge in [-0.05, 0) is 47.7 Å². The van der Waals surface area contributed by atoms with Crippen LogP contribution in [0.3, 0.4) is 0 Å². The fraction of sp³-hybridized carbons (Fsp3) is 0.308. The summed E-state index contributed by atoms with van der Waals surface area (Å²) in [6, 6.07) is 13.1. The highest BCUT2D eigenvalue weighted by atomic mass is 79.9. The number of fused-ring (bicyclic) bond motifs is 1. The van der Waals surface area contributed by atoms with Gasteiger partial charge in [0.1, 0.15) is 0 Å². The molecule has 0 saturated heterocycles. The molecule has 1 aliphatic heterocycles. The molecule has 1 aliphatic rings. The molecule has 0 bridgehead atoms. The minimum Gasteiger partial charge on any atom is -0.337 e. The van der Waals surface area contributed by atoms with Gasteiger partial charge in [0.15, 0.2) is 11.6 Å². The molecule has 0 radical (unpaired) electrons. The second-order valence-electron chi connectivity index (χ2n) is 8.19. The van der Waals surface area contributed by atoms with Gasteiger partial charge in [0.05, 0.1) is 0 Å². The highest BCUT2D eigenvalue weighted by Crippen LogP contribution is 2.47. The summed E-state index contributed by atoms with van der Waals surface area (Å²) in [4.78, 5) is 11.6. The van der Waals surface area contributed by atoms with Crippen molar-refractivity contribution in [2.75, 3.05) is 16.8 Å². The molecule has 0 amide bonds. The first kappa shape index (κ1) is 23.0. The second-order valence-corrected chi connectivity index (χ2v) is 9.04. The molecule has 0 saturated carbocycles. The first-order chi connectivity index (χ1) is 14.9. The zero-order valence-electron chi connectivity index (χ0n) is 18.9. The van der Waals surface area contributed by atoms with Crippen LogP contribution in [-0.2, 0) is 18.3 Å². The van der Waals surface area contributed by atoms with Crippen LogP contribution in [-0.4, -0.2) is 16.5 Å². The molecule has 162 valence electrons. The maximum atomic E-state index is 4.71. The third-order valence-electron chi connectivity index (χ3n) is 5.68. The highest BCUT2D eigenvalue weighted by Gasteiger charge is 2.38. The smallest absolute Gasteiger partial charge is 0.176 e. The van der Waals surface area contributed by atoms with Crippen molar-refractivity contribution in [3.63, 3.8) is 0 Å². The molecule has 4 rings (SSSR count). The number of benzene rings is 2. The number of hydrogen-bond acceptors (Lipinski definition) is 4. The second kappa shape index (κ2) is 9.65. The minimum absolute atomic E-state index is 0.0392. The average Bonchev–Trinajstić information content (AvgIpc) is 3.05. The lowest BCUT2D eigenvalue weighted by molar-refractivity contribution is 0.567. The Morgan fingerprint density at radius 1 is 1.03 bits per heavy atom. The first-order valence-corrected chi connectivity index (χ1v) is 11.5. The van der Waals surface area contributed by atoms with Gasteiger partial charge < -0.3 is 10.2 Å². The van der Waals surface area contributed by atoms with E-state index in [0.717, 1.165) is 41.2 Å². The summed E-state index contributed by atoms with van der Waals surface area (Å²) in [5, 5.41) is 3.47. The molecule has 2 aromatic carbocycles. The summed E-state index contributed by atoms with van der Waals surface area (Å²) in [5.41, 5.74) is 6.28. The Morgan fingerprint density at radius 3 is 2.35 bits per heavy atom. The normalized spacial score (nSPS) is 13.9. The summed E-state index contributed by atoms with van der Waals surface area (Å²) in [6.45, 7) is 15.8. The van der Waals surface area contributed by atoms with Crippen LogP contribution in [0.4, 0.5) is 23.0 Å². The van der Waals surface area contributed by atoms with Gasteiger partial charge in [-0.3, -0.25) is 0 Å². The molecule has 3 aromatic rings. The third-order valence-corrected chi connectivity index (χ3v) is 6.42. The predicted molar refractivity (Wildman–Crippen MR) is 136 cm³/mol. The average molecular weight is 479 g/mol. The fourth-order valence-corrected chi connectivity index (χ4v) is 4.59. The van der Waals surface area contributed by atoms with E-state index in [1.54, 1.807) is 12.4 Å². The van der Waals surface area contributed by atoms with Crippen molar-refractivity contribution in [1.82, 2.24) is 9.97 Å². The van der Waals surface area contributed by atoms with Crippen LogP contribution < -0.4 is 10.2 Å². The van der Waals surface area contributed by atoms with E-state index in [0.29, 0.717) is 0 Å². The Morgan fingerprint density at radius 2 is 1.71 bits per heavy atom. The monoisotopic (exact) mass is 478 g/mol. The van der Waals surface area contributed by atoms with E-state index in [1.807, 2.05) is 0 Å². The lowest BCUT2D eigenvalue weighted by Crippen LogP contribution is -2.26. The molecule has 4 nitrogen and oxygen atoms in total. The van der Waals surface area contributed by atoms with Gasteiger partial charge in [0.25, 0.3) is 0 Å². The standard InChI is InChI=1S/C24H27BrN4.C2H4/c1-5-16-7-9-18(10-8-16)28-22-23(27-12-11-26-22)29-15-24(3,4)19-13-17(6-2)20(25)14-21(19)29;1-2/h7-14H,5-6,15H2,1-4H3,(H,26,28);1-2H2. The third kappa shape index (κ3) is 4.67. The number of nitrogens with zero attached hydrogens (tertiary/aromatic N) is 3. The van der Waals surface area contributed by atoms with Crippen molar-refractivity contribution in [2.45, 2.75) is 46.0 Å². The number of halogens is 1. The van der Waals surface area contributed by atoms with Crippen molar-refractivity contribution < 1.29 is 0 Å². The summed E-state index contributed by atoms with van der Waals surface area (Å²) < 4.78 is 1.15. The maximum Gasteiger partial charge on any atom is 0.176 e. The zero-order chi connectivity index (χ0) is 22.6. The molecular weight excluding hydrogens is 448 g/mol. The van der Waals surface area contributed by atoms with Gasteiger partial charge in [-0.1, -0.05) is 61.8 Å². The zero-order valence-corrected chi connectivity index (χ0v) is 20.5. The summed E-state index contributed by atoms with van der Waals surface area (Å²) in [5.74, 6) is 1.63. The molecule has 1 N–H and O–H groups in total. The van der Waals surface area contributed by atoms with E-state index < -0.39 is 0 Å². The topological polar surface area (TPSA) is 41.1 Å². The van der Waals surface area contributed by atoms with Crippen LogP contribution in [0.15, 0.2) is 66.4 Å². The molecule has 2 heterocycles. The van der Waals surface area contributed by atoms with Crippen LogP contribution in [0.5, 0.6) is 0 Å². The summed E-state index contributed by atoms with van der Waals surface area (Å²) >= 11 is 3.76. The number of aryl methyl sites for hydroxylation is 2. The lowest BCUT2D eigenvalue weighted by Gasteiger charge is -2.23. The van der Waals surface area contributed by atoms with Crippen molar-refractivity contribution in [3.8, 4) is 0 Å². The van der Waals surface area contributed by atoms with Crippen molar-refractivity contribution in [2.24, 2.45) is 0 Å². The SMILES string of the molecule is C=C.CCc1ccc(Nc2nccnc2N2CC(C)(C)c3cc(CC)c(Br)cc32)cc1. The summed E-state index contributed by atoms with van der Waals surface area (Å²) in [7, 11) is 0. The van der Waals surface area contributed by atoms with E-state index in [2.05, 4.69) is 108 Å². The molecule has 31 heavy (non-hydrogen) atoms. The molecule has 5 heteroatoms. The van der Waals surface area contributed by atoms with Gasteiger partial charge in [-0.25, -0.2) is 9.97 Å². The van der Waals surface area contributed by atoms with Gasteiger partial charge >= 0.3 is 0 Å². The Kier molecular flexibility index (Phi) is 7.16. The van der Waals surface area contributed by atoms with Crippen LogP contribution in [0, 0.1) is 0 Å². The van der Waals surface area contributed by atoms with Crippen molar-refractivity contribution in [1.29, 1.82) is 0 Å². The quantitative estimate of drug-likeness (QED) is 0.389. The minimum atomic E-state index is 0.0392. The molecule has 0 aliphatic carbocycles. The Labute approximate surface area is 194 Å². The highest BCUT2D eigenvalue weighted by molar-refractivity contribution is 9.10. The number of hydrogen-bond donors (Lipinski definition) is 1. The summed E-state index contributed by atoms with van der Waals surface area (Å²) in [6.07, 6.45) is 5.55. The van der Waals surface area contributed by atoms with Gasteiger partial charge in [-0.15, -0.1) is 13.2 Å². The van der Waals surface area contributed by atoms with Crippen molar-refractivity contribution >= 4 is 38.9 Å². The lowest BCUT2D eigenvalue weighted by atomic mass is 9.86. The van der Waals surface area contributed by atoms with E-state index >= 15 is 0 Å². The van der Waals surface area contributed by atoms with E-state index in [-0.39, 0.29) is 5.41 Å². The Bertz CT molecular complexity index is 1040. The van der Waals surface area contributed by atoms with Gasteiger partial charge in [-0.2, -0.15) is 0 Å². The molecule has 1 aromatic heterocycles. The maximum absolute atomic E-state index is 4.71. The van der Waals surface area contributed by atoms with Gasteiger partial charge in [0, 0.05) is 40.2 Å². The van der Waals surface area contributed by atoms with E-state index in [4.69, 9.17) is 4.98 Å². The number of aromatic nitrogens is 2. The first-order valence-electron chi connectivity index (χ1n) is 10.7. The molecule has 0 unspecified atom stereocenters. The Hall–Kier alpha value is -2.66. The van der Waals surface area contributed by atoms with Crippen LogP contribution in [0.1, 0.15) is 44.4 Å². The molecule has 0 fully saturated rings. The Balaban J connectivity index is 0.00000132. The molecule has 0 spiro atoms. The van der Waals surface area contributed by atoms with Crippen molar-refractivity contribution in [3.05, 3.63) is 83.1 Å². The van der Waals surface area contributed by atoms with Crippen LogP contribution in [0.2, 0.25) is 0 Å². The van der Waals surface area contributed by atoms with Crippen LogP contribution >= 0.6 is 15.9 Å². The number of nitrogens with one attached hydrogen (secondary N) is 1.